The predicted molar refractivity (Wildman–Crippen MR) is 82.8 cm³/mol. The Morgan fingerprint density at radius 2 is 2.10 bits per heavy atom. The molecule has 2 rings (SSSR count). The van der Waals surface area contributed by atoms with Crippen LogP contribution in [0.4, 0.5) is 0 Å². The third kappa shape index (κ3) is 4.10. The van der Waals surface area contributed by atoms with E-state index in [-0.39, 0.29) is 5.91 Å². The zero-order valence-electron chi connectivity index (χ0n) is 12.0. The summed E-state index contributed by atoms with van der Waals surface area (Å²) in [6, 6.07) is 8.19. The number of carbonyl (C=O) groups excluding carboxylic acids is 1. The number of nitrogens with one attached hydrogen (secondary N) is 3. The summed E-state index contributed by atoms with van der Waals surface area (Å²) in [4.78, 5) is 15.0. The van der Waals surface area contributed by atoms with Crippen molar-refractivity contribution in [3.63, 3.8) is 0 Å². The van der Waals surface area contributed by atoms with Crippen molar-refractivity contribution in [3.8, 4) is 0 Å². The SMILES string of the molecule is CCNCCCNC(=O)CCc1c[nH]c2ccccc12. The van der Waals surface area contributed by atoms with Gasteiger partial charge in [0.05, 0.1) is 0 Å². The van der Waals surface area contributed by atoms with Crippen molar-refractivity contribution >= 4 is 16.8 Å². The minimum atomic E-state index is 0.131. The van der Waals surface area contributed by atoms with E-state index in [4.69, 9.17) is 0 Å². The number of aryl methyl sites for hydroxylation is 1. The Balaban J connectivity index is 1.73. The number of carbonyl (C=O) groups is 1. The molecular weight excluding hydrogens is 250 g/mol. The van der Waals surface area contributed by atoms with Crippen molar-refractivity contribution in [2.24, 2.45) is 0 Å². The Hall–Kier alpha value is -1.81. The summed E-state index contributed by atoms with van der Waals surface area (Å²) < 4.78 is 0. The summed E-state index contributed by atoms with van der Waals surface area (Å²) in [6.07, 6.45) is 4.31. The molecule has 0 saturated heterocycles. The number of benzene rings is 1. The van der Waals surface area contributed by atoms with Gasteiger partial charge in [-0.3, -0.25) is 4.79 Å². The molecule has 4 heteroatoms. The number of hydrogen-bond donors (Lipinski definition) is 3. The molecule has 20 heavy (non-hydrogen) atoms. The van der Waals surface area contributed by atoms with Gasteiger partial charge >= 0.3 is 0 Å². The van der Waals surface area contributed by atoms with Crippen LogP contribution in [0.1, 0.15) is 25.3 Å². The van der Waals surface area contributed by atoms with Crippen molar-refractivity contribution in [3.05, 3.63) is 36.0 Å². The highest BCUT2D eigenvalue weighted by molar-refractivity contribution is 5.84. The van der Waals surface area contributed by atoms with Gasteiger partial charge in [-0.15, -0.1) is 0 Å². The molecule has 1 amide bonds. The molecule has 1 aromatic heterocycles. The van der Waals surface area contributed by atoms with Crippen molar-refractivity contribution < 1.29 is 4.79 Å². The number of fused-ring (bicyclic) bond motifs is 1. The van der Waals surface area contributed by atoms with Crippen LogP contribution in [-0.2, 0) is 11.2 Å². The fraction of sp³-hybridized carbons (Fsp3) is 0.438. The second kappa shape index (κ2) is 7.70. The molecule has 0 spiro atoms. The second-order valence-corrected chi connectivity index (χ2v) is 4.92. The topological polar surface area (TPSA) is 56.9 Å². The number of para-hydroxylation sites is 1. The standard InChI is InChI=1S/C16H23N3O/c1-2-17-10-5-11-18-16(20)9-8-13-12-19-15-7-4-3-6-14(13)15/h3-4,6-7,12,17,19H,2,5,8-11H2,1H3,(H,18,20). The molecule has 108 valence electrons. The summed E-state index contributed by atoms with van der Waals surface area (Å²) in [6.45, 7) is 4.77. The van der Waals surface area contributed by atoms with Crippen molar-refractivity contribution in [2.75, 3.05) is 19.6 Å². The minimum Gasteiger partial charge on any atom is -0.361 e. The van der Waals surface area contributed by atoms with E-state index in [0.717, 1.165) is 38.0 Å². The summed E-state index contributed by atoms with van der Waals surface area (Å²) in [5, 5.41) is 7.42. The molecule has 4 nitrogen and oxygen atoms in total. The summed E-state index contributed by atoms with van der Waals surface area (Å²) in [7, 11) is 0. The van der Waals surface area contributed by atoms with Crippen LogP contribution < -0.4 is 10.6 Å². The number of aromatic amines is 1. The normalized spacial score (nSPS) is 10.8. The molecule has 0 atom stereocenters. The van der Waals surface area contributed by atoms with Crippen LogP contribution in [-0.4, -0.2) is 30.5 Å². The average Bonchev–Trinajstić information content (AvgIpc) is 2.88. The average molecular weight is 273 g/mol. The Morgan fingerprint density at radius 3 is 2.95 bits per heavy atom. The van der Waals surface area contributed by atoms with E-state index in [9.17, 15) is 4.79 Å². The van der Waals surface area contributed by atoms with Crippen molar-refractivity contribution in [1.29, 1.82) is 0 Å². The molecule has 0 radical (unpaired) electrons. The first kappa shape index (κ1) is 14.6. The lowest BCUT2D eigenvalue weighted by atomic mass is 10.1. The summed E-state index contributed by atoms with van der Waals surface area (Å²) >= 11 is 0. The molecular formula is C16H23N3O. The highest BCUT2D eigenvalue weighted by Gasteiger charge is 2.06. The third-order valence-corrected chi connectivity index (χ3v) is 3.40. The maximum Gasteiger partial charge on any atom is 0.220 e. The van der Waals surface area contributed by atoms with Crippen molar-refractivity contribution in [2.45, 2.75) is 26.2 Å². The molecule has 0 saturated carbocycles. The zero-order chi connectivity index (χ0) is 14.2. The molecule has 3 N–H and O–H groups in total. The molecule has 0 aliphatic heterocycles. The quantitative estimate of drug-likeness (QED) is 0.646. The number of rotatable bonds is 8. The van der Waals surface area contributed by atoms with Crippen LogP contribution in [0.25, 0.3) is 10.9 Å². The molecule has 2 aromatic rings. The lowest BCUT2D eigenvalue weighted by molar-refractivity contribution is -0.121. The van der Waals surface area contributed by atoms with Gasteiger partial charge < -0.3 is 15.6 Å². The van der Waals surface area contributed by atoms with Gasteiger partial charge in [-0.1, -0.05) is 25.1 Å². The van der Waals surface area contributed by atoms with E-state index >= 15 is 0 Å². The van der Waals surface area contributed by atoms with Crippen LogP contribution in [0.3, 0.4) is 0 Å². The van der Waals surface area contributed by atoms with Gasteiger partial charge in [0.1, 0.15) is 0 Å². The maximum atomic E-state index is 11.8. The van der Waals surface area contributed by atoms with Crippen LogP contribution in [0.5, 0.6) is 0 Å². The van der Waals surface area contributed by atoms with Gasteiger partial charge in [0.25, 0.3) is 0 Å². The second-order valence-electron chi connectivity index (χ2n) is 4.92. The van der Waals surface area contributed by atoms with Crippen LogP contribution in [0.15, 0.2) is 30.5 Å². The van der Waals surface area contributed by atoms with Crippen LogP contribution in [0.2, 0.25) is 0 Å². The summed E-state index contributed by atoms with van der Waals surface area (Å²) in [5.41, 5.74) is 2.34. The van der Waals surface area contributed by atoms with E-state index in [1.807, 2.05) is 18.3 Å². The highest BCUT2D eigenvalue weighted by atomic mass is 16.1. The largest absolute Gasteiger partial charge is 0.361 e. The first-order valence-corrected chi connectivity index (χ1v) is 7.33. The molecule has 0 bridgehead atoms. The number of hydrogen-bond acceptors (Lipinski definition) is 2. The first-order chi connectivity index (χ1) is 9.81. The highest BCUT2D eigenvalue weighted by Crippen LogP contribution is 2.18. The lowest BCUT2D eigenvalue weighted by Crippen LogP contribution is -2.27. The predicted octanol–water partition coefficient (Wildman–Crippen LogP) is 2.22. The van der Waals surface area contributed by atoms with Gasteiger partial charge in [-0.2, -0.15) is 0 Å². The first-order valence-electron chi connectivity index (χ1n) is 7.33. The monoisotopic (exact) mass is 273 g/mol. The van der Waals surface area contributed by atoms with Crippen LogP contribution >= 0.6 is 0 Å². The van der Waals surface area contributed by atoms with E-state index in [0.29, 0.717) is 6.42 Å². The number of amides is 1. The Bertz CT molecular complexity index is 547. The number of H-pyrrole nitrogens is 1. The van der Waals surface area contributed by atoms with E-state index in [1.54, 1.807) is 0 Å². The molecule has 0 aliphatic rings. The molecule has 0 fully saturated rings. The third-order valence-electron chi connectivity index (χ3n) is 3.40. The fourth-order valence-corrected chi connectivity index (χ4v) is 2.29. The van der Waals surface area contributed by atoms with Gasteiger partial charge in [0.2, 0.25) is 5.91 Å². The van der Waals surface area contributed by atoms with Gasteiger partial charge in [-0.05, 0) is 37.6 Å². The molecule has 0 aliphatic carbocycles. The fourth-order valence-electron chi connectivity index (χ4n) is 2.29. The molecule has 1 heterocycles. The summed E-state index contributed by atoms with van der Waals surface area (Å²) in [5.74, 6) is 0.131. The maximum absolute atomic E-state index is 11.8. The number of aromatic nitrogens is 1. The van der Waals surface area contributed by atoms with Crippen molar-refractivity contribution in [1.82, 2.24) is 15.6 Å². The van der Waals surface area contributed by atoms with Gasteiger partial charge in [0, 0.05) is 30.1 Å². The van der Waals surface area contributed by atoms with E-state index in [2.05, 4.69) is 34.7 Å². The Labute approximate surface area is 120 Å². The van der Waals surface area contributed by atoms with Gasteiger partial charge in [0.15, 0.2) is 0 Å². The smallest absolute Gasteiger partial charge is 0.220 e. The lowest BCUT2D eigenvalue weighted by Gasteiger charge is -2.05. The van der Waals surface area contributed by atoms with E-state index in [1.165, 1.54) is 10.9 Å². The molecule has 1 aromatic carbocycles. The minimum absolute atomic E-state index is 0.131. The Kier molecular flexibility index (Phi) is 5.62. The Morgan fingerprint density at radius 1 is 1.25 bits per heavy atom. The van der Waals surface area contributed by atoms with Gasteiger partial charge in [-0.25, -0.2) is 0 Å². The van der Waals surface area contributed by atoms with E-state index < -0.39 is 0 Å². The van der Waals surface area contributed by atoms with Crippen LogP contribution in [0, 0.1) is 0 Å². The molecule has 0 unspecified atom stereocenters. The zero-order valence-corrected chi connectivity index (χ0v) is 12.0.